The van der Waals surface area contributed by atoms with Crippen molar-refractivity contribution in [1.29, 1.82) is 0 Å². The van der Waals surface area contributed by atoms with E-state index in [1.807, 2.05) is 46.2 Å². The first-order valence-corrected chi connectivity index (χ1v) is 15.3. The SMILES string of the molecule is CCCCCN1CC=C[C@]23S[C@@]4(C)C=CCN(CCC)C(=O)[C@H]4[C@H]2C(=O)N([C@H](CO)c2ccccc2)C3C1=O. The number of unbranched alkanes of at least 4 members (excludes halogenated alkanes) is 2. The minimum absolute atomic E-state index is 0.0159. The maximum absolute atomic E-state index is 14.7. The van der Waals surface area contributed by atoms with E-state index in [1.54, 1.807) is 16.7 Å². The first-order valence-electron chi connectivity index (χ1n) is 14.4. The van der Waals surface area contributed by atoms with Crippen molar-refractivity contribution in [3.63, 3.8) is 0 Å². The molecule has 0 radical (unpaired) electrons. The third-order valence-electron chi connectivity index (χ3n) is 8.88. The summed E-state index contributed by atoms with van der Waals surface area (Å²) in [4.78, 5) is 48.6. The van der Waals surface area contributed by atoms with Gasteiger partial charge in [0.05, 0.1) is 29.2 Å². The number of rotatable bonds is 9. The first kappa shape index (κ1) is 28.0. The smallest absolute Gasteiger partial charge is 0.247 e. The minimum atomic E-state index is -0.898. The minimum Gasteiger partial charge on any atom is -0.394 e. The van der Waals surface area contributed by atoms with Gasteiger partial charge in [-0.25, -0.2) is 0 Å². The number of hydrogen-bond acceptors (Lipinski definition) is 5. The van der Waals surface area contributed by atoms with Crippen molar-refractivity contribution in [3.05, 3.63) is 60.2 Å². The fraction of sp³-hybridized carbons (Fsp3) is 0.581. The Morgan fingerprint density at radius 2 is 1.59 bits per heavy atom. The summed E-state index contributed by atoms with van der Waals surface area (Å²) in [6.45, 7) is 8.21. The molecule has 0 aromatic heterocycles. The Kier molecular flexibility index (Phi) is 7.98. The lowest BCUT2D eigenvalue weighted by Gasteiger charge is -2.40. The molecule has 3 amide bonds. The Morgan fingerprint density at radius 1 is 0.897 bits per heavy atom. The normalized spacial score (nSPS) is 32.7. The van der Waals surface area contributed by atoms with Gasteiger partial charge in [-0.2, -0.15) is 0 Å². The number of benzene rings is 1. The molecule has 1 spiro atoms. The highest BCUT2D eigenvalue weighted by atomic mass is 32.2. The van der Waals surface area contributed by atoms with Gasteiger partial charge in [0, 0.05) is 30.9 Å². The number of fused-ring (bicyclic) bond motifs is 2. The molecule has 8 heteroatoms. The van der Waals surface area contributed by atoms with Crippen molar-refractivity contribution in [2.45, 2.75) is 68.0 Å². The molecule has 0 aliphatic carbocycles. The Morgan fingerprint density at radius 3 is 2.26 bits per heavy atom. The van der Waals surface area contributed by atoms with E-state index in [-0.39, 0.29) is 24.3 Å². The maximum atomic E-state index is 14.7. The van der Waals surface area contributed by atoms with Crippen LogP contribution in [0, 0.1) is 11.8 Å². The predicted molar refractivity (Wildman–Crippen MR) is 154 cm³/mol. The van der Waals surface area contributed by atoms with E-state index in [2.05, 4.69) is 39.0 Å². The van der Waals surface area contributed by atoms with Gasteiger partial charge >= 0.3 is 0 Å². The average molecular weight is 552 g/mol. The molecule has 4 aliphatic rings. The molecule has 39 heavy (non-hydrogen) atoms. The summed E-state index contributed by atoms with van der Waals surface area (Å²) in [5.41, 5.74) is 0.787. The molecule has 7 nitrogen and oxygen atoms in total. The summed E-state index contributed by atoms with van der Waals surface area (Å²) in [7, 11) is 0. The van der Waals surface area contributed by atoms with Gasteiger partial charge in [0.15, 0.2) is 0 Å². The molecule has 2 saturated heterocycles. The van der Waals surface area contributed by atoms with Gasteiger partial charge in [-0.05, 0) is 25.3 Å². The molecule has 1 N–H and O–H groups in total. The lowest BCUT2D eigenvalue weighted by Crippen LogP contribution is -2.54. The Bertz CT molecular complexity index is 1160. The second-order valence-electron chi connectivity index (χ2n) is 11.4. The van der Waals surface area contributed by atoms with Crippen molar-refractivity contribution >= 4 is 29.5 Å². The fourth-order valence-corrected chi connectivity index (χ4v) is 9.29. The third kappa shape index (κ3) is 4.53. The molecule has 5 rings (SSSR count). The molecule has 2 fully saturated rings. The quantitative estimate of drug-likeness (QED) is 0.373. The Balaban J connectivity index is 1.65. The number of aliphatic hydroxyl groups excluding tert-OH is 1. The van der Waals surface area contributed by atoms with E-state index in [9.17, 15) is 19.5 Å². The molecule has 4 heterocycles. The van der Waals surface area contributed by atoms with E-state index in [0.717, 1.165) is 31.2 Å². The number of thioether (sulfide) groups is 1. The van der Waals surface area contributed by atoms with Crippen LogP contribution in [-0.4, -0.2) is 85.8 Å². The topological polar surface area (TPSA) is 81.2 Å². The number of carbonyl (C=O) groups excluding carboxylic acids is 3. The summed E-state index contributed by atoms with van der Waals surface area (Å²) >= 11 is 1.60. The highest BCUT2D eigenvalue weighted by Crippen LogP contribution is 2.66. The third-order valence-corrected chi connectivity index (χ3v) is 10.7. The maximum Gasteiger partial charge on any atom is 0.247 e. The van der Waals surface area contributed by atoms with E-state index in [4.69, 9.17) is 0 Å². The second kappa shape index (κ2) is 11.1. The molecule has 1 aromatic carbocycles. The van der Waals surface area contributed by atoms with Gasteiger partial charge < -0.3 is 19.8 Å². The molecule has 1 aromatic rings. The fourth-order valence-electron chi connectivity index (χ4n) is 7.15. The molecule has 6 atom stereocenters. The van der Waals surface area contributed by atoms with Crippen LogP contribution in [0.3, 0.4) is 0 Å². The first-order chi connectivity index (χ1) is 18.8. The van der Waals surface area contributed by atoms with Crippen LogP contribution in [0.1, 0.15) is 58.1 Å². The molecule has 1 unspecified atom stereocenters. The van der Waals surface area contributed by atoms with Crippen LogP contribution in [0.2, 0.25) is 0 Å². The summed E-state index contributed by atoms with van der Waals surface area (Å²) in [5, 5.41) is 10.7. The number of likely N-dealkylation sites (tertiary alicyclic amines) is 1. The van der Waals surface area contributed by atoms with E-state index in [1.165, 1.54) is 0 Å². The molecule has 210 valence electrons. The van der Waals surface area contributed by atoms with Gasteiger partial charge in [-0.15, -0.1) is 11.8 Å². The largest absolute Gasteiger partial charge is 0.394 e. The molecular formula is C31H41N3O4S. The number of hydrogen-bond donors (Lipinski definition) is 1. The molecule has 0 saturated carbocycles. The van der Waals surface area contributed by atoms with E-state index >= 15 is 0 Å². The number of amides is 3. The van der Waals surface area contributed by atoms with Crippen LogP contribution >= 0.6 is 11.8 Å². The predicted octanol–water partition coefficient (Wildman–Crippen LogP) is 3.80. The zero-order valence-electron chi connectivity index (χ0n) is 23.3. The zero-order valence-corrected chi connectivity index (χ0v) is 24.1. The molecular weight excluding hydrogens is 510 g/mol. The lowest BCUT2D eigenvalue weighted by molar-refractivity contribution is -0.147. The molecule has 0 bridgehead atoms. The van der Waals surface area contributed by atoms with Gasteiger partial charge in [0.2, 0.25) is 17.7 Å². The van der Waals surface area contributed by atoms with Crippen LogP contribution in [0.25, 0.3) is 0 Å². The summed E-state index contributed by atoms with van der Waals surface area (Å²) < 4.78 is -1.52. The van der Waals surface area contributed by atoms with Crippen molar-refractivity contribution in [3.8, 4) is 0 Å². The summed E-state index contributed by atoms with van der Waals surface area (Å²) in [5.74, 6) is -1.60. The van der Waals surface area contributed by atoms with Crippen molar-refractivity contribution in [1.82, 2.24) is 14.7 Å². The average Bonchev–Trinajstić information content (AvgIpc) is 3.20. The van der Waals surface area contributed by atoms with Gasteiger partial charge in [-0.1, -0.05) is 81.3 Å². The van der Waals surface area contributed by atoms with Crippen LogP contribution < -0.4 is 0 Å². The van der Waals surface area contributed by atoms with Crippen LogP contribution in [0.5, 0.6) is 0 Å². The molecule has 4 aliphatic heterocycles. The van der Waals surface area contributed by atoms with E-state index < -0.39 is 33.4 Å². The van der Waals surface area contributed by atoms with Crippen molar-refractivity contribution in [2.24, 2.45) is 11.8 Å². The summed E-state index contributed by atoms with van der Waals surface area (Å²) in [6.07, 6.45) is 12.1. The van der Waals surface area contributed by atoms with Crippen LogP contribution in [-0.2, 0) is 14.4 Å². The summed E-state index contributed by atoms with van der Waals surface area (Å²) in [6, 6.07) is 7.98. The van der Waals surface area contributed by atoms with Crippen molar-refractivity contribution < 1.29 is 19.5 Å². The lowest BCUT2D eigenvalue weighted by atomic mass is 9.74. The van der Waals surface area contributed by atoms with Gasteiger partial charge in [0.25, 0.3) is 0 Å². The second-order valence-corrected chi connectivity index (χ2v) is 13.2. The van der Waals surface area contributed by atoms with Gasteiger partial charge in [-0.3, -0.25) is 14.4 Å². The van der Waals surface area contributed by atoms with Crippen LogP contribution in [0.15, 0.2) is 54.6 Å². The standard InChI is InChI=1S/C31H41N3O4S/c1-4-6-10-18-33-20-12-16-31-25(24-27(36)32(17-5-2)19-11-15-30(24,3)39-31)28(37)34(26(31)29(33)38)23(21-35)22-13-8-7-9-14-22/h7-9,11-16,23-26,35H,4-6,10,17-21H2,1-3H3/t23-,24-,25+,26?,30+,31+/m1/s1. The Hall–Kier alpha value is -2.58. The van der Waals surface area contributed by atoms with Gasteiger partial charge in [0.1, 0.15) is 6.04 Å². The number of carbonyl (C=O) groups is 3. The Labute approximate surface area is 236 Å². The van der Waals surface area contributed by atoms with Crippen molar-refractivity contribution in [2.75, 3.05) is 32.8 Å². The van der Waals surface area contributed by atoms with E-state index in [0.29, 0.717) is 26.2 Å². The number of aliphatic hydroxyl groups is 1. The van der Waals surface area contributed by atoms with Crippen LogP contribution in [0.4, 0.5) is 0 Å². The zero-order chi connectivity index (χ0) is 27.8. The highest BCUT2D eigenvalue weighted by Gasteiger charge is 2.74. The highest BCUT2D eigenvalue weighted by molar-refractivity contribution is 8.02. The monoisotopic (exact) mass is 551 g/mol. The number of nitrogens with zero attached hydrogens (tertiary/aromatic N) is 3.